The van der Waals surface area contributed by atoms with Gasteiger partial charge in [0.1, 0.15) is 12.3 Å². The molecule has 1 aliphatic rings. The van der Waals surface area contributed by atoms with E-state index >= 15 is 0 Å². The van der Waals surface area contributed by atoms with Crippen LogP contribution in [0.2, 0.25) is 0 Å². The van der Waals surface area contributed by atoms with Crippen LogP contribution in [0.25, 0.3) is 0 Å². The first-order valence-corrected chi connectivity index (χ1v) is 8.16. The van der Waals surface area contributed by atoms with Crippen LogP contribution >= 0.6 is 0 Å². The topological polar surface area (TPSA) is 80.6 Å². The molecule has 0 bridgehead atoms. The number of methoxy groups -OCH3 is 1. The van der Waals surface area contributed by atoms with Gasteiger partial charge in [0.2, 0.25) is 5.91 Å². The second-order valence-electron chi connectivity index (χ2n) is 6.42. The molecule has 23 heavy (non-hydrogen) atoms. The highest BCUT2D eigenvalue weighted by Crippen LogP contribution is 2.35. The van der Waals surface area contributed by atoms with Crippen molar-refractivity contribution in [1.29, 1.82) is 0 Å². The standard InChI is InChI=1S/C17H26N2O4/c1-13(19-16(21)14-6-9-23-10-14)15(20)18-11-17(12-22-2)7-4-3-5-8-17/h6,9-10,13H,3-5,7-8,11-12H2,1-2H3,(H,18,20)(H,19,21). The molecule has 6 heteroatoms. The van der Waals surface area contributed by atoms with E-state index in [4.69, 9.17) is 9.15 Å². The van der Waals surface area contributed by atoms with Crippen molar-refractivity contribution >= 4 is 11.8 Å². The van der Waals surface area contributed by atoms with Gasteiger partial charge in [-0.1, -0.05) is 19.3 Å². The smallest absolute Gasteiger partial charge is 0.255 e. The highest BCUT2D eigenvalue weighted by Gasteiger charge is 2.33. The van der Waals surface area contributed by atoms with Crippen LogP contribution in [-0.4, -0.2) is 38.1 Å². The zero-order valence-electron chi connectivity index (χ0n) is 13.9. The Hall–Kier alpha value is -1.82. The van der Waals surface area contributed by atoms with Gasteiger partial charge in [-0.2, -0.15) is 0 Å². The van der Waals surface area contributed by atoms with Gasteiger partial charge in [0.05, 0.1) is 18.4 Å². The molecule has 0 aromatic carbocycles. The van der Waals surface area contributed by atoms with Crippen molar-refractivity contribution in [3.63, 3.8) is 0 Å². The summed E-state index contributed by atoms with van der Waals surface area (Å²) in [4.78, 5) is 24.2. The van der Waals surface area contributed by atoms with E-state index < -0.39 is 6.04 Å². The molecule has 128 valence electrons. The van der Waals surface area contributed by atoms with Gasteiger partial charge in [-0.05, 0) is 25.8 Å². The van der Waals surface area contributed by atoms with Crippen LogP contribution in [0.15, 0.2) is 23.0 Å². The molecule has 1 saturated carbocycles. The van der Waals surface area contributed by atoms with Crippen molar-refractivity contribution in [2.45, 2.75) is 45.1 Å². The Balaban J connectivity index is 1.83. The van der Waals surface area contributed by atoms with Gasteiger partial charge in [-0.25, -0.2) is 0 Å². The van der Waals surface area contributed by atoms with E-state index in [1.165, 1.54) is 31.8 Å². The normalized spacial score (nSPS) is 18.2. The number of ether oxygens (including phenoxy) is 1. The molecule has 0 saturated heterocycles. The second kappa shape index (κ2) is 8.15. The fourth-order valence-corrected chi connectivity index (χ4v) is 3.15. The largest absolute Gasteiger partial charge is 0.472 e. The van der Waals surface area contributed by atoms with Gasteiger partial charge in [0.25, 0.3) is 5.91 Å². The number of hydrogen-bond donors (Lipinski definition) is 2. The summed E-state index contributed by atoms with van der Waals surface area (Å²) in [5.41, 5.74) is 0.435. The number of rotatable bonds is 7. The molecule has 1 fully saturated rings. The maximum absolute atomic E-state index is 12.2. The van der Waals surface area contributed by atoms with E-state index in [9.17, 15) is 9.59 Å². The summed E-state index contributed by atoms with van der Waals surface area (Å²) in [5, 5.41) is 5.64. The van der Waals surface area contributed by atoms with Gasteiger partial charge < -0.3 is 19.8 Å². The zero-order chi connectivity index (χ0) is 16.7. The fraction of sp³-hybridized carbons (Fsp3) is 0.647. The van der Waals surface area contributed by atoms with E-state index in [-0.39, 0.29) is 17.2 Å². The van der Waals surface area contributed by atoms with Crippen molar-refractivity contribution in [2.24, 2.45) is 5.41 Å². The third-order valence-corrected chi connectivity index (χ3v) is 4.53. The van der Waals surface area contributed by atoms with Crippen molar-refractivity contribution < 1.29 is 18.7 Å². The number of carbonyl (C=O) groups is 2. The molecular weight excluding hydrogens is 296 g/mol. The first-order chi connectivity index (χ1) is 11.1. The third-order valence-electron chi connectivity index (χ3n) is 4.53. The molecule has 6 nitrogen and oxygen atoms in total. The van der Waals surface area contributed by atoms with Gasteiger partial charge in [0, 0.05) is 19.1 Å². The molecule has 2 rings (SSSR count). The highest BCUT2D eigenvalue weighted by atomic mass is 16.5. The molecule has 1 aromatic heterocycles. The maximum atomic E-state index is 12.2. The lowest BCUT2D eigenvalue weighted by molar-refractivity contribution is -0.123. The molecule has 2 amide bonds. The Labute approximate surface area is 137 Å². The Kier molecular flexibility index (Phi) is 6.21. The zero-order valence-corrected chi connectivity index (χ0v) is 13.9. The predicted molar refractivity (Wildman–Crippen MR) is 86.0 cm³/mol. The van der Waals surface area contributed by atoms with E-state index in [0.29, 0.717) is 18.7 Å². The predicted octanol–water partition coefficient (Wildman–Crippen LogP) is 2.11. The minimum absolute atomic E-state index is 0.0247. The average molecular weight is 322 g/mol. The van der Waals surface area contributed by atoms with Crippen molar-refractivity contribution in [2.75, 3.05) is 20.3 Å². The first kappa shape index (κ1) is 17.5. The van der Waals surface area contributed by atoms with Gasteiger partial charge in [-0.15, -0.1) is 0 Å². The SMILES string of the molecule is COCC1(CNC(=O)C(C)NC(=O)c2ccoc2)CCCCC1. The lowest BCUT2D eigenvalue weighted by atomic mass is 9.74. The molecule has 1 aromatic rings. The summed E-state index contributed by atoms with van der Waals surface area (Å²) < 4.78 is 10.2. The minimum atomic E-state index is -0.597. The molecule has 1 atom stereocenters. The summed E-state index contributed by atoms with van der Waals surface area (Å²) in [5.74, 6) is -0.492. The van der Waals surface area contributed by atoms with Crippen LogP contribution in [-0.2, 0) is 9.53 Å². The van der Waals surface area contributed by atoms with Gasteiger partial charge in [0.15, 0.2) is 0 Å². The number of hydrogen-bond acceptors (Lipinski definition) is 4. The van der Waals surface area contributed by atoms with E-state index in [2.05, 4.69) is 10.6 Å². The number of carbonyl (C=O) groups excluding carboxylic acids is 2. The van der Waals surface area contributed by atoms with Crippen molar-refractivity contribution in [1.82, 2.24) is 10.6 Å². The molecule has 0 radical (unpaired) electrons. The second-order valence-corrected chi connectivity index (χ2v) is 6.42. The Morgan fingerprint density at radius 3 is 2.70 bits per heavy atom. The van der Waals surface area contributed by atoms with E-state index in [0.717, 1.165) is 12.8 Å². The lowest BCUT2D eigenvalue weighted by Crippen LogP contribution is -2.49. The summed E-state index contributed by atoms with van der Waals surface area (Å²) in [6.45, 7) is 2.92. The fourth-order valence-electron chi connectivity index (χ4n) is 3.15. The summed E-state index contributed by atoms with van der Waals surface area (Å²) in [6.07, 6.45) is 8.51. The van der Waals surface area contributed by atoms with Gasteiger partial charge >= 0.3 is 0 Å². The van der Waals surface area contributed by atoms with Crippen molar-refractivity contribution in [3.05, 3.63) is 24.2 Å². The first-order valence-electron chi connectivity index (χ1n) is 8.16. The molecular formula is C17H26N2O4. The molecule has 0 aliphatic heterocycles. The Morgan fingerprint density at radius 1 is 1.35 bits per heavy atom. The van der Waals surface area contributed by atoms with Crippen LogP contribution in [0.5, 0.6) is 0 Å². The molecule has 1 unspecified atom stereocenters. The molecule has 1 heterocycles. The quantitative estimate of drug-likeness (QED) is 0.806. The number of nitrogens with one attached hydrogen (secondary N) is 2. The summed E-state index contributed by atoms with van der Waals surface area (Å²) in [6, 6.07) is 0.968. The Morgan fingerprint density at radius 2 is 2.09 bits per heavy atom. The molecule has 0 spiro atoms. The van der Waals surface area contributed by atoms with Gasteiger partial charge in [-0.3, -0.25) is 9.59 Å². The third kappa shape index (κ3) is 4.82. The molecule has 2 N–H and O–H groups in total. The number of amides is 2. The van der Waals surface area contributed by atoms with Crippen LogP contribution < -0.4 is 10.6 Å². The highest BCUT2D eigenvalue weighted by molar-refractivity contribution is 5.97. The summed E-state index contributed by atoms with van der Waals surface area (Å²) in [7, 11) is 1.70. The van der Waals surface area contributed by atoms with Crippen molar-refractivity contribution in [3.8, 4) is 0 Å². The van der Waals surface area contributed by atoms with E-state index in [1.807, 2.05) is 0 Å². The molecule has 1 aliphatic carbocycles. The monoisotopic (exact) mass is 322 g/mol. The average Bonchev–Trinajstić information content (AvgIpc) is 3.08. The lowest BCUT2D eigenvalue weighted by Gasteiger charge is -2.37. The van der Waals surface area contributed by atoms with E-state index in [1.54, 1.807) is 20.1 Å². The maximum Gasteiger partial charge on any atom is 0.255 e. The van der Waals surface area contributed by atoms with Crippen LogP contribution in [0.3, 0.4) is 0 Å². The number of furan rings is 1. The summed E-state index contributed by atoms with van der Waals surface area (Å²) >= 11 is 0. The van der Waals surface area contributed by atoms with Crippen LogP contribution in [0.4, 0.5) is 0 Å². The Bertz CT molecular complexity index is 501. The van der Waals surface area contributed by atoms with Crippen LogP contribution in [0.1, 0.15) is 49.4 Å². The minimum Gasteiger partial charge on any atom is -0.472 e. The van der Waals surface area contributed by atoms with Crippen LogP contribution in [0, 0.1) is 5.41 Å².